The molecule has 0 atom stereocenters. The first kappa shape index (κ1) is 20.0. The van der Waals surface area contributed by atoms with Crippen LogP contribution in [0.4, 0.5) is 0 Å². The smallest absolute Gasteiger partial charge is 0.220 e. The lowest BCUT2D eigenvalue weighted by Gasteiger charge is -2.31. The predicted molar refractivity (Wildman–Crippen MR) is 111 cm³/mol. The van der Waals surface area contributed by atoms with Crippen molar-refractivity contribution in [3.05, 3.63) is 53.5 Å². The molecular weight excluding hydrogens is 356 g/mol. The molecule has 1 aromatic carbocycles. The Balaban J connectivity index is 1.30. The molecule has 1 saturated heterocycles. The summed E-state index contributed by atoms with van der Waals surface area (Å²) in [5, 5.41) is 3.13. The van der Waals surface area contributed by atoms with Crippen molar-refractivity contribution in [3.63, 3.8) is 0 Å². The van der Waals surface area contributed by atoms with Gasteiger partial charge in [-0.05, 0) is 63.9 Å². The third-order valence-electron chi connectivity index (χ3n) is 5.17. The molecule has 0 bridgehead atoms. The van der Waals surface area contributed by atoms with E-state index in [9.17, 15) is 4.79 Å². The van der Waals surface area contributed by atoms with Crippen LogP contribution in [0.15, 0.2) is 45.7 Å². The van der Waals surface area contributed by atoms with Gasteiger partial charge in [-0.2, -0.15) is 0 Å². The predicted octanol–water partition coefficient (Wildman–Crippen LogP) is 4.41. The first-order valence-electron chi connectivity index (χ1n) is 9.83. The number of piperidine rings is 1. The Morgan fingerprint density at radius 2 is 1.96 bits per heavy atom. The maximum Gasteiger partial charge on any atom is 0.220 e. The molecule has 0 radical (unpaired) electrons. The van der Waals surface area contributed by atoms with Crippen molar-refractivity contribution in [2.45, 2.75) is 44.6 Å². The average molecular weight is 387 g/mol. The van der Waals surface area contributed by atoms with Gasteiger partial charge >= 0.3 is 0 Å². The molecule has 4 nitrogen and oxygen atoms in total. The van der Waals surface area contributed by atoms with Gasteiger partial charge < -0.3 is 9.73 Å². The fraction of sp³-hybridized carbons (Fsp3) is 0.500. The lowest BCUT2D eigenvalue weighted by Crippen LogP contribution is -2.38. The first-order chi connectivity index (χ1) is 13.1. The molecule has 27 heavy (non-hydrogen) atoms. The summed E-state index contributed by atoms with van der Waals surface area (Å²) < 4.78 is 5.63. The van der Waals surface area contributed by atoms with Gasteiger partial charge in [0.1, 0.15) is 11.5 Å². The number of carbonyl (C=O) groups is 1. The van der Waals surface area contributed by atoms with Crippen molar-refractivity contribution in [2.24, 2.45) is 5.92 Å². The van der Waals surface area contributed by atoms with E-state index in [1.165, 1.54) is 10.5 Å². The summed E-state index contributed by atoms with van der Waals surface area (Å²) in [5.41, 5.74) is 1.30. The summed E-state index contributed by atoms with van der Waals surface area (Å²) in [6, 6.07) is 12.4. The van der Waals surface area contributed by atoms with Gasteiger partial charge in [0.2, 0.25) is 5.91 Å². The summed E-state index contributed by atoms with van der Waals surface area (Å²) in [7, 11) is 0. The van der Waals surface area contributed by atoms with Crippen LogP contribution >= 0.6 is 11.8 Å². The molecule has 2 heterocycles. The van der Waals surface area contributed by atoms with Crippen LogP contribution in [0.25, 0.3) is 0 Å². The molecule has 1 amide bonds. The first-order valence-corrected chi connectivity index (χ1v) is 10.8. The van der Waals surface area contributed by atoms with Crippen molar-refractivity contribution in [1.82, 2.24) is 10.2 Å². The maximum absolute atomic E-state index is 12.1. The zero-order valence-electron chi connectivity index (χ0n) is 16.4. The van der Waals surface area contributed by atoms with E-state index in [4.69, 9.17) is 4.42 Å². The van der Waals surface area contributed by atoms with Crippen LogP contribution in [-0.2, 0) is 11.3 Å². The summed E-state index contributed by atoms with van der Waals surface area (Å²) in [5.74, 6) is 3.63. The van der Waals surface area contributed by atoms with Gasteiger partial charge in [0.25, 0.3) is 0 Å². The largest absolute Gasteiger partial charge is 0.466 e. The van der Waals surface area contributed by atoms with Crippen molar-refractivity contribution >= 4 is 17.7 Å². The van der Waals surface area contributed by atoms with E-state index in [-0.39, 0.29) is 5.91 Å². The standard InChI is InChI=1S/C22H30N2O2S/c1-17-14-20(18(2)26-17)16-24-11-8-19(9-12-24)15-23-22(25)10-13-27-21-6-4-3-5-7-21/h3-7,14,19H,8-13,15-16H2,1-2H3,(H,23,25). The molecule has 0 aliphatic carbocycles. The highest BCUT2D eigenvalue weighted by Crippen LogP contribution is 2.22. The number of hydrogen-bond acceptors (Lipinski definition) is 4. The molecule has 1 N–H and O–H groups in total. The third-order valence-corrected chi connectivity index (χ3v) is 6.19. The maximum atomic E-state index is 12.1. The van der Waals surface area contributed by atoms with Gasteiger partial charge in [-0.25, -0.2) is 0 Å². The quantitative estimate of drug-likeness (QED) is 0.683. The number of rotatable bonds is 8. The molecule has 146 valence electrons. The minimum Gasteiger partial charge on any atom is -0.466 e. The Bertz CT molecular complexity index is 721. The molecule has 1 fully saturated rings. The number of nitrogens with one attached hydrogen (secondary N) is 1. The van der Waals surface area contributed by atoms with Crippen molar-refractivity contribution in [3.8, 4) is 0 Å². The Morgan fingerprint density at radius 1 is 1.22 bits per heavy atom. The van der Waals surface area contributed by atoms with E-state index in [1.54, 1.807) is 11.8 Å². The van der Waals surface area contributed by atoms with Crippen molar-refractivity contribution in [2.75, 3.05) is 25.4 Å². The van der Waals surface area contributed by atoms with Crippen LogP contribution in [-0.4, -0.2) is 36.2 Å². The normalized spacial score (nSPS) is 15.8. The van der Waals surface area contributed by atoms with Crippen LogP contribution in [0.2, 0.25) is 0 Å². The number of carbonyl (C=O) groups excluding carboxylic acids is 1. The second-order valence-electron chi connectivity index (χ2n) is 7.37. The molecule has 1 aliphatic heterocycles. The van der Waals surface area contributed by atoms with Crippen LogP contribution in [0.3, 0.4) is 0 Å². The van der Waals surface area contributed by atoms with E-state index >= 15 is 0 Å². The Hall–Kier alpha value is -1.72. The van der Waals surface area contributed by atoms with Gasteiger partial charge in [-0.15, -0.1) is 11.8 Å². The minimum absolute atomic E-state index is 0.172. The van der Waals surface area contributed by atoms with E-state index in [1.807, 2.05) is 32.0 Å². The van der Waals surface area contributed by atoms with Gasteiger partial charge in [0.15, 0.2) is 0 Å². The number of amides is 1. The number of hydrogen-bond donors (Lipinski definition) is 1. The summed E-state index contributed by atoms with van der Waals surface area (Å²) >= 11 is 1.74. The van der Waals surface area contributed by atoms with Gasteiger partial charge in [0, 0.05) is 35.7 Å². The molecule has 0 unspecified atom stereocenters. The fourth-order valence-corrected chi connectivity index (χ4v) is 4.43. The highest BCUT2D eigenvalue weighted by Gasteiger charge is 2.20. The molecule has 3 rings (SSSR count). The number of likely N-dealkylation sites (tertiary alicyclic amines) is 1. The third kappa shape index (κ3) is 6.43. The molecule has 1 aliphatic rings. The second-order valence-corrected chi connectivity index (χ2v) is 8.54. The van der Waals surface area contributed by atoms with Crippen LogP contribution in [0.1, 0.15) is 36.3 Å². The summed E-state index contributed by atoms with van der Waals surface area (Å²) in [6.07, 6.45) is 2.88. The van der Waals surface area contributed by atoms with Gasteiger partial charge in [0.05, 0.1) is 0 Å². The highest BCUT2D eigenvalue weighted by atomic mass is 32.2. The SMILES string of the molecule is Cc1cc(CN2CCC(CNC(=O)CCSc3ccccc3)CC2)c(C)o1. The Morgan fingerprint density at radius 3 is 2.63 bits per heavy atom. The van der Waals surface area contributed by atoms with E-state index < -0.39 is 0 Å². The molecule has 5 heteroatoms. The zero-order chi connectivity index (χ0) is 19.1. The van der Waals surface area contributed by atoms with E-state index in [0.29, 0.717) is 12.3 Å². The molecule has 1 aromatic heterocycles. The van der Waals surface area contributed by atoms with Crippen molar-refractivity contribution < 1.29 is 9.21 Å². The minimum atomic E-state index is 0.172. The number of nitrogens with zero attached hydrogens (tertiary/aromatic N) is 1. The monoisotopic (exact) mass is 386 g/mol. The lowest BCUT2D eigenvalue weighted by atomic mass is 9.96. The Labute approximate surface area is 166 Å². The average Bonchev–Trinajstić information content (AvgIpc) is 2.99. The number of furan rings is 1. The molecular formula is C22H30N2O2S. The summed E-state index contributed by atoms with van der Waals surface area (Å²) in [6.45, 7) is 8.01. The van der Waals surface area contributed by atoms with E-state index in [2.05, 4.69) is 28.4 Å². The van der Waals surface area contributed by atoms with Crippen LogP contribution in [0, 0.1) is 19.8 Å². The topological polar surface area (TPSA) is 45.5 Å². The number of benzene rings is 1. The molecule has 0 saturated carbocycles. The highest BCUT2D eigenvalue weighted by molar-refractivity contribution is 7.99. The van der Waals surface area contributed by atoms with Crippen LogP contribution in [0.5, 0.6) is 0 Å². The second kappa shape index (κ2) is 10.00. The zero-order valence-corrected chi connectivity index (χ0v) is 17.2. The van der Waals surface area contributed by atoms with Crippen LogP contribution < -0.4 is 5.32 Å². The molecule has 0 spiro atoms. The van der Waals surface area contributed by atoms with Gasteiger partial charge in [-0.3, -0.25) is 9.69 Å². The number of thioether (sulfide) groups is 1. The fourth-order valence-electron chi connectivity index (χ4n) is 3.55. The van der Waals surface area contributed by atoms with Gasteiger partial charge in [-0.1, -0.05) is 18.2 Å². The molecule has 2 aromatic rings. The Kier molecular flexibility index (Phi) is 7.41. The lowest BCUT2D eigenvalue weighted by molar-refractivity contribution is -0.120. The van der Waals surface area contributed by atoms with E-state index in [0.717, 1.165) is 56.3 Å². The van der Waals surface area contributed by atoms with Crippen molar-refractivity contribution in [1.29, 1.82) is 0 Å². The summed E-state index contributed by atoms with van der Waals surface area (Å²) in [4.78, 5) is 15.8. The number of aryl methyl sites for hydroxylation is 2.